The molecule has 0 saturated heterocycles. The highest BCUT2D eigenvalue weighted by Crippen LogP contribution is 2.31. The predicted octanol–water partition coefficient (Wildman–Crippen LogP) is 5.21. The van der Waals surface area contributed by atoms with Crippen molar-refractivity contribution < 1.29 is 0 Å². The molecule has 0 bridgehead atoms. The molecule has 0 amide bonds. The van der Waals surface area contributed by atoms with Gasteiger partial charge < -0.3 is 5.32 Å². The van der Waals surface area contributed by atoms with Crippen molar-refractivity contribution in [2.24, 2.45) is 5.92 Å². The molecule has 3 atom stereocenters. The minimum absolute atomic E-state index is 0.459. The van der Waals surface area contributed by atoms with Crippen molar-refractivity contribution in [3.8, 4) is 0 Å². The van der Waals surface area contributed by atoms with E-state index >= 15 is 0 Å². The summed E-state index contributed by atoms with van der Waals surface area (Å²) in [5.74, 6) is 1.97. The monoisotopic (exact) mass is 305 g/mol. The molecule has 1 aliphatic carbocycles. The van der Waals surface area contributed by atoms with Crippen LogP contribution < -0.4 is 5.32 Å². The lowest BCUT2D eigenvalue weighted by Gasteiger charge is -2.25. The van der Waals surface area contributed by atoms with E-state index in [2.05, 4.69) is 69.0 Å². The Morgan fingerprint density at radius 1 is 1.14 bits per heavy atom. The van der Waals surface area contributed by atoms with Crippen LogP contribution in [0, 0.1) is 5.92 Å². The van der Waals surface area contributed by atoms with Crippen molar-refractivity contribution in [3.63, 3.8) is 0 Å². The van der Waals surface area contributed by atoms with E-state index in [9.17, 15) is 0 Å². The Labute approximate surface area is 135 Å². The second kappa shape index (κ2) is 8.24. The van der Waals surface area contributed by atoms with Crippen LogP contribution in [0.15, 0.2) is 24.3 Å². The summed E-state index contributed by atoms with van der Waals surface area (Å²) in [7, 11) is 0. The molecule has 0 heterocycles. The fourth-order valence-electron chi connectivity index (χ4n) is 3.36. The van der Waals surface area contributed by atoms with E-state index in [0.29, 0.717) is 12.1 Å². The average Bonchev–Trinajstić information content (AvgIpc) is 2.86. The van der Waals surface area contributed by atoms with Crippen LogP contribution in [-0.4, -0.2) is 17.0 Å². The quantitative estimate of drug-likeness (QED) is 0.742. The van der Waals surface area contributed by atoms with Gasteiger partial charge >= 0.3 is 0 Å². The molecule has 21 heavy (non-hydrogen) atoms. The highest BCUT2D eigenvalue weighted by molar-refractivity contribution is 7.99. The van der Waals surface area contributed by atoms with Gasteiger partial charge in [0.05, 0.1) is 0 Å². The van der Waals surface area contributed by atoms with Gasteiger partial charge in [0, 0.05) is 17.3 Å². The summed E-state index contributed by atoms with van der Waals surface area (Å²) in [6.07, 6.45) is 5.29. The molecule has 1 aromatic carbocycles. The van der Waals surface area contributed by atoms with Crippen molar-refractivity contribution in [3.05, 3.63) is 35.4 Å². The average molecular weight is 306 g/mol. The van der Waals surface area contributed by atoms with E-state index in [1.54, 1.807) is 0 Å². The van der Waals surface area contributed by atoms with Crippen LogP contribution >= 0.6 is 11.8 Å². The summed E-state index contributed by atoms with van der Waals surface area (Å²) >= 11 is 2.13. The van der Waals surface area contributed by atoms with Crippen LogP contribution in [0.4, 0.5) is 0 Å². The molecule has 1 nitrogen and oxygen atoms in total. The van der Waals surface area contributed by atoms with E-state index in [-0.39, 0.29) is 0 Å². The van der Waals surface area contributed by atoms with Crippen LogP contribution in [0.3, 0.4) is 0 Å². The molecule has 0 radical (unpaired) electrons. The van der Waals surface area contributed by atoms with E-state index in [1.807, 2.05) is 0 Å². The molecule has 118 valence electrons. The highest BCUT2D eigenvalue weighted by atomic mass is 32.2. The molecule has 2 rings (SSSR count). The predicted molar refractivity (Wildman–Crippen MR) is 96.1 cm³/mol. The van der Waals surface area contributed by atoms with Gasteiger partial charge in [0.1, 0.15) is 0 Å². The summed E-state index contributed by atoms with van der Waals surface area (Å²) in [5, 5.41) is 4.69. The SMILES string of the molecule is CCSC1CCCC1NC(C)c1ccc(CC(C)C)cc1. The Hall–Kier alpha value is -0.470. The Balaban J connectivity index is 1.92. The van der Waals surface area contributed by atoms with Crippen LogP contribution in [0.25, 0.3) is 0 Å². The zero-order valence-corrected chi connectivity index (χ0v) is 14.9. The summed E-state index contributed by atoms with van der Waals surface area (Å²) in [5.41, 5.74) is 2.89. The van der Waals surface area contributed by atoms with Crippen molar-refractivity contribution in [1.82, 2.24) is 5.32 Å². The number of thioether (sulfide) groups is 1. The third kappa shape index (κ3) is 5.03. The molecule has 0 aliphatic heterocycles. The standard InChI is InChI=1S/C19H31NS/c1-5-21-19-8-6-7-18(19)20-15(4)17-11-9-16(10-12-17)13-14(2)3/h9-12,14-15,18-20H,5-8,13H2,1-4H3. The molecule has 0 spiro atoms. The molecular formula is C19H31NS. The summed E-state index contributed by atoms with van der Waals surface area (Å²) < 4.78 is 0. The van der Waals surface area contributed by atoms with Gasteiger partial charge in [0.25, 0.3) is 0 Å². The van der Waals surface area contributed by atoms with E-state index < -0.39 is 0 Å². The van der Waals surface area contributed by atoms with Gasteiger partial charge in [-0.15, -0.1) is 0 Å². The number of rotatable bonds is 7. The van der Waals surface area contributed by atoms with Crippen molar-refractivity contribution >= 4 is 11.8 Å². The van der Waals surface area contributed by atoms with Crippen molar-refractivity contribution in [2.45, 2.75) is 70.7 Å². The third-order valence-corrected chi connectivity index (χ3v) is 5.75. The normalized spacial score (nSPS) is 23.7. The van der Waals surface area contributed by atoms with Gasteiger partial charge in [-0.25, -0.2) is 0 Å². The topological polar surface area (TPSA) is 12.0 Å². The first-order valence-electron chi connectivity index (χ1n) is 8.56. The molecule has 1 aliphatic rings. The molecule has 1 N–H and O–H groups in total. The lowest BCUT2D eigenvalue weighted by molar-refractivity contribution is 0.467. The molecular weight excluding hydrogens is 274 g/mol. The first kappa shape index (κ1) is 16.9. The summed E-state index contributed by atoms with van der Waals surface area (Å²) in [6, 6.07) is 10.4. The molecule has 2 heteroatoms. The minimum atomic E-state index is 0.459. The second-order valence-corrected chi connectivity index (χ2v) is 8.28. The first-order valence-corrected chi connectivity index (χ1v) is 9.61. The van der Waals surface area contributed by atoms with Gasteiger partial charge in [-0.1, -0.05) is 51.5 Å². The van der Waals surface area contributed by atoms with Crippen molar-refractivity contribution in [1.29, 1.82) is 0 Å². The maximum atomic E-state index is 3.87. The minimum Gasteiger partial charge on any atom is -0.306 e. The molecule has 3 unspecified atom stereocenters. The van der Waals surface area contributed by atoms with Crippen LogP contribution in [0.5, 0.6) is 0 Å². The molecule has 1 saturated carbocycles. The van der Waals surface area contributed by atoms with Gasteiger partial charge in [-0.2, -0.15) is 11.8 Å². The van der Waals surface area contributed by atoms with E-state index in [4.69, 9.17) is 0 Å². The largest absolute Gasteiger partial charge is 0.306 e. The Morgan fingerprint density at radius 2 is 1.86 bits per heavy atom. The van der Waals surface area contributed by atoms with Gasteiger partial charge in [-0.05, 0) is 49.0 Å². The molecule has 0 aromatic heterocycles. The first-order chi connectivity index (χ1) is 10.1. The van der Waals surface area contributed by atoms with Crippen molar-refractivity contribution in [2.75, 3.05) is 5.75 Å². The zero-order chi connectivity index (χ0) is 15.2. The number of hydrogen-bond donors (Lipinski definition) is 1. The number of hydrogen-bond acceptors (Lipinski definition) is 2. The van der Waals surface area contributed by atoms with E-state index in [1.165, 1.54) is 42.6 Å². The lowest BCUT2D eigenvalue weighted by Crippen LogP contribution is -2.36. The smallest absolute Gasteiger partial charge is 0.0294 e. The highest BCUT2D eigenvalue weighted by Gasteiger charge is 2.28. The Bertz CT molecular complexity index is 412. The fraction of sp³-hybridized carbons (Fsp3) is 0.684. The maximum absolute atomic E-state index is 3.87. The molecule has 1 aromatic rings. The van der Waals surface area contributed by atoms with Crippen LogP contribution in [-0.2, 0) is 6.42 Å². The Morgan fingerprint density at radius 3 is 2.48 bits per heavy atom. The van der Waals surface area contributed by atoms with Gasteiger partial charge in [0.2, 0.25) is 0 Å². The van der Waals surface area contributed by atoms with E-state index in [0.717, 1.165) is 11.2 Å². The Kier molecular flexibility index (Phi) is 6.63. The van der Waals surface area contributed by atoms with Gasteiger partial charge in [0.15, 0.2) is 0 Å². The lowest BCUT2D eigenvalue weighted by atomic mass is 9.99. The number of nitrogens with one attached hydrogen (secondary N) is 1. The van der Waals surface area contributed by atoms with Crippen LogP contribution in [0.2, 0.25) is 0 Å². The van der Waals surface area contributed by atoms with Gasteiger partial charge in [-0.3, -0.25) is 0 Å². The molecule has 1 fully saturated rings. The summed E-state index contributed by atoms with van der Waals surface area (Å²) in [4.78, 5) is 0. The third-order valence-electron chi connectivity index (χ3n) is 4.42. The maximum Gasteiger partial charge on any atom is 0.0294 e. The van der Waals surface area contributed by atoms with Crippen LogP contribution in [0.1, 0.15) is 64.1 Å². The second-order valence-electron chi connectivity index (χ2n) is 6.76. The number of benzene rings is 1. The summed E-state index contributed by atoms with van der Waals surface area (Å²) in [6.45, 7) is 9.15. The zero-order valence-electron chi connectivity index (χ0n) is 14.1. The fourth-order valence-corrected chi connectivity index (χ4v) is 4.57.